The molecule has 27 heavy (non-hydrogen) atoms. The number of carbonyl (C=O) groups excluding carboxylic acids is 2. The molecule has 1 N–H and O–H groups in total. The first-order valence-corrected chi connectivity index (χ1v) is 9.08. The van der Waals surface area contributed by atoms with Gasteiger partial charge in [0.15, 0.2) is 0 Å². The van der Waals surface area contributed by atoms with Gasteiger partial charge in [-0.1, -0.05) is 0 Å². The molecule has 0 aromatic heterocycles. The van der Waals surface area contributed by atoms with Crippen LogP contribution in [0.2, 0.25) is 0 Å². The van der Waals surface area contributed by atoms with Gasteiger partial charge in [0.2, 0.25) is 0 Å². The summed E-state index contributed by atoms with van der Waals surface area (Å²) in [6.45, 7) is 0.786. The third kappa shape index (κ3) is 3.02. The molecule has 1 saturated heterocycles. The number of nitrogens with zero attached hydrogens (tertiary/aromatic N) is 3. The van der Waals surface area contributed by atoms with Crippen LogP contribution in [-0.2, 0) is 0 Å². The van der Waals surface area contributed by atoms with Gasteiger partial charge in [-0.05, 0) is 61.7 Å². The Morgan fingerprint density at radius 1 is 1.19 bits per heavy atom. The first kappa shape index (κ1) is 17.1. The highest BCUT2D eigenvalue weighted by atomic mass is 16.2. The zero-order valence-corrected chi connectivity index (χ0v) is 15.1. The molecule has 2 aliphatic heterocycles. The standard InChI is InChI=1S/C21H20N4O2/c1-24-18-12-15(20(26)23-16-8-5-14(13-22)6-9-16)7-10-17(18)21(27)25-11-3-2-4-19(24)25/h5-10,12,19H,2-4,11H2,1H3,(H,23,26)/t19-/m0/s1. The Morgan fingerprint density at radius 3 is 2.70 bits per heavy atom. The molecule has 2 amide bonds. The minimum Gasteiger partial charge on any atom is -0.354 e. The summed E-state index contributed by atoms with van der Waals surface area (Å²) in [5.74, 6) is -0.193. The average molecular weight is 360 g/mol. The maximum atomic E-state index is 12.8. The molecule has 0 radical (unpaired) electrons. The Balaban J connectivity index is 1.60. The molecule has 6 nitrogen and oxygen atoms in total. The molecule has 1 atom stereocenters. The summed E-state index contributed by atoms with van der Waals surface area (Å²) in [7, 11) is 1.98. The number of fused-ring (bicyclic) bond motifs is 2. The molecule has 2 aromatic carbocycles. The third-order valence-corrected chi connectivity index (χ3v) is 5.32. The van der Waals surface area contributed by atoms with Crippen molar-refractivity contribution in [3.63, 3.8) is 0 Å². The van der Waals surface area contributed by atoms with Crippen molar-refractivity contribution in [2.45, 2.75) is 25.4 Å². The van der Waals surface area contributed by atoms with E-state index in [1.165, 1.54) is 0 Å². The number of carbonyl (C=O) groups is 2. The lowest BCUT2D eigenvalue weighted by atomic mass is 9.97. The molecular weight excluding hydrogens is 340 g/mol. The van der Waals surface area contributed by atoms with Crippen molar-refractivity contribution in [2.75, 3.05) is 23.8 Å². The Kier molecular flexibility index (Phi) is 4.28. The predicted molar refractivity (Wildman–Crippen MR) is 103 cm³/mol. The van der Waals surface area contributed by atoms with E-state index in [1.54, 1.807) is 42.5 Å². The fourth-order valence-corrected chi connectivity index (χ4v) is 3.85. The highest BCUT2D eigenvalue weighted by molar-refractivity contribution is 6.08. The van der Waals surface area contributed by atoms with Crippen LogP contribution in [0.4, 0.5) is 11.4 Å². The maximum absolute atomic E-state index is 12.8. The molecule has 0 saturated carbocycles. The minimum atomic E-state index is -0.241. The highest BCUT2D eigenvalue weighted by Gasteiger charge is 2.37. The smallest absolute Gasteiger partial charge is 0.257 e. The third-order valence-electron chi connectivity index (χ3n) is 5.32. The number of nitriles is 1. The van der Waals surface area contributed by atoms with Crippen molar-refractivity contribution in [2.24, 2.45) is 0 Å². The van der Waals surface area contributed by atoms with E-state index in [1.807, 2.05) is 11.9 Å². The topological polar surface area (TPSA) is 76.4 Å². The normalized spacial score (nSPS) is 18.4. The SMILES string of the molecule is CN1c2cc(C(=O)Nc3ccc(C#N)cc3)ccc2C(=O)N2CCCC[C@H]21. The van der Waals surface area contributed by atoms with Crippen LogP contribution < -0.4 is 10.2 Å². The molecule has 0 spiro atoms. The molecule has 0 aliphatic carbocycles. The van der Waals surface area contributed by atoms with Gasteiger partial charge in [0.1, 0.15) is 6.17 Å². The lowest BCUT2D eigenvalue weighted by molar-refractivity contribution is 0.0589. The van der Waals surface area contributed by atoms with Gasteiger partial charge in [-0.25, -0.2) is 0 Å². The van der Waals surface area contributed by atoms with Crippen LogP contribution in [0.1, 0.15) is 45.5 Å². The zero-order chi connectivity index (χ0) is 19.0. The summed E-state index contributed by atoms with van der Waals surface area (Å²) in [5.41, 5.74) is 3.11. The van der Waals surface area contributed by atoms with E-state index in [4.69, 9.17) is 5.26 Å². The molecule has 0 bridgehead atoms. The fourth-order valence-electron chi connectivity index (χ4n) is 3.85. The van der Waals surface area contributed by atoms with Crippen LogP contribution >= 0.6 is 0 Å². The number of amides is 2. The van der Waals surface area contributed by atoms with Gasteiger partial charge in [0.25, 0.3) is 11.8 Å². The largest absolute Gasteiger partial charge is 0.354 e. The first-order chi connectivity index (χ1) is 13.1. The molecule has 1 fully saturated rings. The van der Waals surface area contributed by atoms with Crippen molar-refractivity contribution in [1.82, 2.24) is 4.90 Å². The second-order valence-corrected chi connectivity index (χ2v) is 6.96. The van der Waals surface area contributed by atoms with E-state index >= 15 is 0 Å². The lowest BCUT2D eigenvalue weighted by Gasteiger charge is -2.46. The Morgan fingerprint density at radius 2 is 1.96 bits per heavy atom. The summed E-state index contributed by atoms with van der Waals surface area (Å²) in [5, 5.41) is 11.7. The second-order valence-electron chi connectivity index (χ2n) is 6.96. The summed E-state index contributed by atoms with van der Waals surface area (Å²) in [6, 6.07) is 14.0. The fraction of sp³-hybridized carbons (Fsp3) is 0.286. The van der Waals surface area contributed by atoms with Crippen molar-refractivity contribution in [3.05, 3.63) is 59.2 Å². The zero-order valence-electron chi connectivity index (χ0n) is 15.1. The number of anilines is 2. The molecule has 6 heteroatoms. The van der Waals surface area contributed by atoms with Crippen LogP contribution in [0.25, 0.3) is 0 Å². The van der Waals surface area contributed by atoms with Gasteiger partial charge in [-0.3, -0.25) is 9.59 Å². The Hall–Kier alpha value is -3.33. The molecule has 136 valence electrons. The number of benzene rings is 2. The highest BCUT2D eigenvalue weighted by Crippen LogP contribution is 2.34. The molecule has 2 heterocycles. The van der Waals surface area contributed by atoms with Gasteiger partial charge in [0, 0.05) is 24.8 Å². The van der Waals surface area contributed by atoms with E-state index in [0.717, 1.165) is 31.5 Å². The van der Waals surface area contributed by atoms with Gasteiger partial charge >= 0.3 is 0 Å². The second kappa shape index (κ2) is 6.76. The number of nitrogens with one attached hydrogen (secondary N) is 1. The van der Waals surface area contributed by atoms with Crippen LogP contribution in [0.15, 0.2) is 42.5 Å². The summed E-state index contributed by atoms with van der Waals surface area (Å²) >= 11 is 0. The van der Waals surface area contributed by atoms with E-state index in [0.29, 0.717) is 22.4 Å². The van der Waals surface area contributed by atoms with E-state index < -0.39 is 0 Å². The molecular formula is C21H20N4O2. The van der Waals surface area contributed by atoms with E-state index in [-0.39, 0.29) is 18.0 Å². The monoisotopic (exact) mass is 360 g/mol. The van der Waals surface area contributed by atoms with Crippen LogP contribution in [0.5, 0.6) is 0 Å². The van der Waals surface area contributed by atoms with Crippen molar-refractivity contribution in [1.29, 1.82) is 5.26 Å². The van der Waals surface area contributed by atoms with Gasteiger partial charge in [-0.15, -0.1) is 0 Å². The Bertz CT molecular complexity index is 946. The summed E-state index contributed by atoms with van der Waals surface area (Å²) in [4.78, 5) is 29.5. The lowest BCUT2D eigenvalue weighted by Crippen LogP contribution is -2.55. The van der Waals surface area contributed by atoms with E-state index in [2.05, 4.69) is 16.3 Å². The molecule has 2 aromatic rings. The van der Waals surface area contributed by atoms with E-state index in [9.17, 15) is 9.59 Å². The van der Waals surface area contributed by atoms with Crippen molar-refractivity contribution >= 4 is 23.2 Å². The van der Waals surface area contributed by atoms with Crippen LogP contribution in [-0.4, -0.2) is 36.5 Å². The summed E-state index contributed by atoms with van der Waals surface area (Å²) in [6.07, 6.45) is 3.16. The minimum absolute atomic E-state index is 0.0480. The molecule has 2 aliphatic rings. The predicted octanol–water partition coefficient (Wildman–Crippen LogP) is 3.21. The first-order valence-electron chi connectivity index (χ1n) is 9.08. The Labute approximate surface area is 158 Å². The van der Waals surface area contributed by atoms with Gasteiger partial charge < -0.3 is 15.1 Å². The van der Waals surface area contributed by atoms with Crippen LogP contribution in [0.3, 0.4) is 0 Å². The number of hydrogen-bond acceptors (Lipinski definition) is 4. The molecule has 0 unspecified atom stereocenters. The quantitative estimate of drug-likeness (QED) is 0.892. The van der Waals surface area contributed by atoms with Crippen LogP contribution in [0, 0.1) is 11.3 Å². The molecule has 4 rings (SSSR count). The van der Waals surface area contributed by atoms with Gasteiger partial charge in [-0.2, -0.15) is 5.26 Å². The number of hydrogen-bond donors (Lipinski definition) is 1. The average Bonchev–Trinajstić information content (AvgIpc) is 2.72. The van der Waals surface area contributed by atoms with Crippen molar-refractivity contribution in [3.8, 4) is 6.07 Å². The maximum Gasteiger partial charge on any atom is 0.257 e. The van der Waals surface area contributed by atoms with Gasteiger partial charge in [0.05, 0.1) is 22.9 Å². The summed E-state index contributed by atoms with van der Waals surface area (Å²) < 4.78 is 0. The number of piperidine rings is 1. The van der Waals surface area contributed by atoms with Crippen molar-refractivity contribution < 1.29 is 9.59 Å². The number of rotatable bonds is 2.